The van der Waals surface area contributed by atoms with Crippen LogP contribution >= 0.6 is 0 Å². The highest BCUT2D eigenvalue weighted by Crippen LogP contribution is 2.38. The third-order valence-corrected chi connectivity index (χ3v) is 11.8. The van der Waals surface area contributed by atoms with E-state index in [9.17, 15) is 29.1 Å². The molecule has 5 N–H and O–H groups in total. The SMILES string of the molecule is CC(=O)N[C@@H]1[C@@H](OCc2ccccc2)[C@H](O[C@@H]2O[C@@H]3COC(c4ccccc4)O[C@H]3[C@H](OCc3ccccc3)[C@H]2NC(C)=O)[C@@H](COCc2ccccc2)O[C@H]1NC(=O)C[C@H](NC(=O)OC(C)(C)C)C(=O)O. The van der Waals surface area contributed by atoms with Crippen LogP contribution in [-0.2, 0) is 81.6 Å². The number of alkyl carbamates (subject to hydrolysis) is 1. The van der Waals surface area contributed by atoms with Gasteiger partial charge in [-0.1, -0.05) is 121 Å². The lowest BCUT2D eigenvalue weighted by molar-refractivity contribution is -0.366. The first kappa shape index (κ1) is 53.5. The van der Waals surface area contributed by atoms with Gasteiger partial charge in [-0.05, 0) is 37.5 Å². The zero-order valence-electron chi connectivity index (χ0n) is 40.9. The van der Waals surface area contributed by atoms with Gasteiger partial charge >= 0.3 is 12.1 Å². The minimum absolute atomic E-state index is 0.0165. The summed E-state index contributed by atoms with van der Waals surface area (Å²) in [6.45, 7) is 7.59. The lowest BCUT2D eigenvalue weighted by atomic mass is 9.93. The van der Waals surface area contributed by atoms with Gasteiger partial charge in [0.05, 0.1) is 39.5 Å². The van der Waals surface area contributed by atoms with Crippen LogP contribution in [-0.4, -0.2) is 121 Å². The second-order valence-corrected chi connectivity index (χ2v) is 18.7. The van der Waals surface area contributed by atoms with Gasteiger partial charge < -0.3 is 69.0 Å². The molecule has 12 atom stereocenters. The van der Waals surface area contributed by atoms with Gasteiger partial charge in [-0.2, -0.15) is 0 Å². The van der Waals surface area contributed by atoms with Crippen molar-refractivity contribution in [1.82, 2.24) is 21.3 Å². The third kappa shape index (κ3) is 15.4. The Balaban J connectivity index is 1.25. The lowest BCUT2D eigenvalue weighted by Gasteiger charge is -2.52. The van der Waals surface area contributed by atoms with Gasteiger partial charge in [0.15, 0.2) is 18.8 Å². The summed E-state index contributed by atoms with van der Waals surface area (Å²) < 4.78 is 58.5. The number of hydrogen-bond acceptors (Lipinski definition) is 14. The molecule has 72 heavy (non-hydrogen) atoms. The number of ether oxygens (including phenoxy) is 9. The van der Waals surface area contributed by atoms with Gasteiger partial charge in [0.1, 0.15) is 60.4 Å². The maximum Gasteiger partial charge on any atom is 0.408 e. The summed E-state index contributed by atoms with van der Waals surface area (Å²) in [6.07, 6.45) is -11.3. The van der Waals surface area contributed by atoms with Crippen LogP contribution in [0.2, 0.25) is 0 Å². The highest BCUT2D eigenvalue weighted by atomic mass is 16.8. The molecule has 3 aliphatic heterocycles. The van der Waals surface area contributed by atoms with Gasteiger partial charge in [0.25, 0.3) is 0 Å². The van der Waals surface area contributed by atoms with E-state index in [1.807, 2.05) is 121 Å². The molecular formula is C53H64N4O15. The fraction of sp³-hybridized carbons (Fsp3) is 0.453. The molecule has 4 aromatic rings. The summed E-state index contributed by atoms with van der Waals surface area (Å²) in [7, 11) is 0. The minimum atomic E-state index is -1.71. The Kier molecular flexibility index (Phi) is 18.9. The molecule has 0 radical (unpaired) electrons. The molecule has 1 unspecified atom stereocenters. The van der Waals surface area contributed by atoms with E-state index >= 15 is 0 Å². The fourth-order valence-electron chi connectivity index (χ4n) is 8.61. The number of amides is 4. The second-order valence-electron chi connectivity index (χ2n) is 18.7. The van der Waals surface area contributed by atoms with Gasteiger partial charge in [-0.3, -0.25) is 14.4 Å². The predicted molar refractivity (Wildman–Crippen MR) is 257 cm³/mol. The zero-order chi connectivity index (χ0) is 51.2. The molecule has 19 nitrogen and oxygen atoms in total. The number of carboxylic acids is 1. The molecule has 7 rings (SSSR count). The molecular weight excluding hydrogens is 933 g/mol. The molecule has 0 saturated carbocycles. The standard InChI is InChI=1S/C53H64N4O15/c1-32(58)54-42-46(65-28-35-20-12-7-13-21-35)44(39(30-64-27-34-18-10-6-11-19-34)68-48(42)57-41(60)26-38(49(61)62)56-52(63)72-53(3,4)5)71-51-43(55-33(2)59)47(66-29-36-22-14-8-15-23-36)45-40(69-51)31-67-50(70-45)37-24-16-9-17-25-37/h6-25,38-40,42-48,50-51H,26-31H2,1-5H3,(H,54,58)(H,55,59)(H,56,63)(H,57,60)(H,61,62)/t38-,39+,40+,42+,43+,44+,45+,46+,47+,48+,50?,51-/m0/s1. The number of rotatable bonds is 20. The van der Waals surface area contributed by atoms with Crippen molar-refractivity contribution in [1.29, 1.82) is 0 Å². The number of carbonyl (C=O) groups excluding carboxylic acids is 4. The smallest absolute Gasteiger partial charge is 0.408 e. The topological polar surface area (TPSA) is 237 Å². The van der Waals surface area contributed by atoms with Crippen molar-refractivity contribution < 1.29 is 71.7 Å². The number of carboxylic acid groups (broad SMARTS) is 1. The van der Waals surface area contributed by atoms with Crippen LogP contribution in [0.4, 0.5) is 4.79 Å². The number of aliphatic carboxylic acids is 1. The van der Waals surface area contributed by atoms with Crippen LogP contribution in [0.15, 0.2) is 121 Å². The van der Waals surface area contributed by atoms with Crippen molar-refractivity contribution in [3.8, 4) is 0 Å². The highest BCUT2D eigenvalue weighted by Gasteiger charge is 2.55. The first-order chi connectivity index (χ1) is 34.6. The lowest BCUT2D eigenvalue weighted by Crippen LogP contribution is -2.72. The van der Waals surface area contributed by atoms with Crippen LogP contribution in [0.25, 0.3) is 0 Å². The molecule has 386 valence electrons. The molecule has 3 saturated heterocycles. The van der Waals surface area contributed by atoms with E-state index < -0.39 is 115 Å². The number of carbonyl (C=O) groups is 5. The Hall–Kier alpha value is -6.29. The second kappa shape index (κ2) is 25.4. The van der Waals surface area contributed by atoms with Crippen LogP contribution in [0.3, 0.4) is 0 Å². The number of hydrogen-bond donors (Lipinski definition) is 5. The van der Waals surface area contributed by atoms with Gasteiger partial charge in [-0.15, -0.1) is 0 Å². The van der Waals surface area contributed by atoms with E-state index in [0.29, 0.717) is 0 Å². The van der Waals surface area contributed by atoms with E-state index in [2.05, 4.69) is 21.3 Å². The summed E-state index contributed by atoms with van der Waals surface area (Å²) in [5.41, 5.74) is 2.28. The van der Waals surface area contributed by atoms with Crippen molar-refractivity contribution in [2.75, 3.05) is 13.2 Å². The number of nitrogens with one attached hydrogen (secondary N) is 4. The van der Waals surface area contributed by atoms with Crippen molar-refractivity contribution in [3.05, 3.63) is 144 Å². The van der Waals surface area contributed by atoms with E-state index in [4.69, 9.17) is 42.6 Å². The molecule has 0 spiro atoms. The van der Waals surface area contributed by atoms with E-state index in [1.165, 1.54) is 13.8 Å². The van der Waals surface area contributed by atoms with E-state index in [1.54, 1.807) is 20.8 Å². The van der Waals surface area contributed by atoms with Gasteiger partial charge in [0.2, 0.25) is 17.7 Å². The monoisotopic (exact) mass is 996 g/mol. The molecule has 0 aliphatic carbocycles. The van der Waals surface area contributed by atoms with E-state index in [0.717, 1.165) is 22.3 Å². The van der Waals surface area contributed by atoms with Crippen molar-refractivity contribution in [2.24, 2.45) is 0 Å². The summed E-state index contributed by atoms with van der Waals surface area (Å²) in [5, 5.41) is 20.9. The summed E-state index contributed by atoms with van der Waals surface area (Å²) in [5.74, 6) is -3.31. The van der Waals surface area contributed by atoms with Crippen molar-refractivity contribution >= 4 is 29.8 Å². The van der Waals surface area contributed by atoms with Gasteiger partial charge in [0, 0.05) is 19.4 Å². The largest absolute Gasteiger partial charge is 0.480 e. The molecule has 0 aromatic heterocycles. The van der Waals surface area contributed by atoms with Crippen LogP contribution in [0, 0.1) is 0 Å². The normalized spacial score (nSPS) is 26.5. The molecule has 3 heterocycles. The average molecular weight is 997 g/mol. The Bertz CT molecular complexity index is 2380. The summed E-state index contributed by atoms with van der Waals surface area (Å²) in [6, 6.07) is 33.6. The van der Waals surface area contributed by atoms with Crippen molar-refractivity contribution in [3.63, 3.8) is 0 Å². The molecule has 4 amide bonds. The molecule has 4 aromatic carbocycles. The first-order valence-corrected chi connectivity index (χ1v) is 23.9. The van der Waals surface area contributed by atoms with E-state index in [-0.39, 0.29) is 33.0 Å². The summed E-state index contributed by atoms with van der Waals surface area (Å²) >= 11 is 0. The fourth-order valence-corrected chi connectivity index (χ4v) is 8.61. The quantitative estimate of drug-likeness (QED) is 0.0799. The minimum Gasteiger partial charge on any atom is -0.480 e. The Labute approximate surface area is 418 Å². The predicted octanol–water partition coefficient (Wildman–Crippen LogP) is 4.82. The number of benzene rings is 4. The molecule has 3 fully saturated rings. The maximum atomic E-state index is 13.9. The summed E-state index contributed by atoms with van der Waals surface area (Å²) in [4.78, 5) is 65.5. The number of fused-ring (bicyclic) bond motifs is 1. The molecule has 0 bridgehead atoms. The van der Waals surface area contributed by atoms with Crippen molar-refractivity contribution in [2.45, 2.75) is 140 Å². The van der Waals surface area contributed by atoms with Gasteiger partial charge in [-0.25, -0.2) is 9.59 Å². The third-order valence-electron chi connectivity index (χ3n) is 11.8. The van der Waals surface area contributed by atoms with Crippen LogP contribution in [0.1, 0.15) is 69.6 Å². The molecule has 19 heteroatoms. The Morgan fingerprint density at radius 2 is 1.21 bits per heavy atom. The first-order valence-electron chi connectivity index (χ1n) is 23.9. The molecule has 3 aliphatic rings. The van der Waals surface area contributed by atoms with Crippen LogP contribution < -0.4 is 21.3 Å². The zero-order valence-corrected chi connectivity index (χ0v) is 40.9. The highest BCUT2D eigenvalue weighted by molar-refractivity contribution is 5.87. The Morgan fingerprint density at radius 1 is 0.667 bits per heavy atom. The maximum absolute atomic E-state index is 13.9. The average Bonchev–Trinajstić information content (AvgIpc) is 3.34. The van der Waals surface area contributed by atoms with Crippen LogP contribution in [0.5, 0.6) is 0 Å². The Morgan fingerprint density at radius 3 is 1.76 bits per heavy atom.